The first-order chi connectivity index (χ1) is 9.65. The van der Waals surface area contributed by atoms with E-state index in [0.29, 0.717) is 12.0 Å². The van der Waals surface area contributed by atoms with Crippen molar-refractivity contribution in [1.29, 1.82) is 0 Å². The van der Waals surface area contributed by atoms with Crippen LogP contribution in [-0.2, 0) is 0 Å². The molecule has 0 aromatic carbocycles. The fourth-order valence-corrected chi connectivity index (χ4v) is 2.37. The highest BCUT2D eigenvalue weighted by Crippen LogP contribution is 2.39. The smallest absolute Gasteiger partial charge is 0.145 e. The van der Waals surface area contributed by atoms with Crippen molar-refractivity contribution in [3.63, 3.8) is 0 Å². The van der Waals surface area contributed by atoms with Crippen LogP contribution in [-0.4, -0.2) is 22.6 Å². The van der Waals surface area contributed by atoms with E-state index in [1.807, 2.05) is 6.07 Å². The van der Waals surface area contributed by atoms with Crippen molar-refractivity contribution < 1.29 is 0 Å². The van der Waals surface area contributed by atoms with E-state index in [1.54, 1.807) is 0 Å². The highest BCUT2D eigenvalue weighted by Gasteiger charge is 2.28. The number of hydrogen-bond donors (Lipinski definition) is 2. The molecule has 1 saturated carbocycles. The van der Waals surface area contributed by atoms with E-state index in [-0.39, 0.29) is 0 Å². The van der Waals surface area contributed by atoms with Crippen LogP contribution in [0.4, 0.5) is 11.6 Å². The molecule has 1 fully saturated rings. The highest BCUT2D eigenvalue weighted by molar-refractivity contribution is 5.50. The van der Waals surface area contributed by atoms with Crippen LogP contribution in [0, 0.1) is 0 Å². The molecule has 5 heteroatoms. The number of aromatic nitrogens is 2. The Bertz CT molecular complexity index is 428. The normalized spacial score (nSPS) is 14.7. The molecule has 2 rings (SSSR count). The number of hydrogen-bond acceptors (Lipinski definition) is 5. The van der Waals surface area contributed by atoms with Crippen LogP contribution in [0.15, 0.2) is 6.07 Å². The number of nitrogens with zero attached hydrogens (tertiary/aromatic N) is 3. The summed E-state index contributed by atoms with van der Waals surface area (Å²) in [6.45, 7) is 7.68. The van der Waals surface area contributed by atoms with Gasteiger partial charge in [-0.3, -0.25) is 0 Å². The summed E-state index contributed by atoms with van der Waals surface area (Å²) in [6, 6.07) is 2.39. The molecule has 0 atom stereocenters. The molecule has 1 aromatic rings. The van der Waals surface area contributed by atoms with Crippen molar-refractivity contribution in [2.45, 2.75) is 64.8 Å². The molecule has 0 spiro atoms. The summed E-state index contributed by atoms with van der Waals surface area (Å²) in [5.74, 6) is 8.74. The van der Waals surface area contributed by atoms with E-state index in [2.05, 4.69) is 36.1 Å². The highest BCUT2D eigenvalue weighted by atomic mass is 15.3. The largest absolute Gasteiger partial charge is 0.354 e. The second-order valence-electron chi connectivity index (χ2n) is 5.88. The quantitative estimate of drug-likeness (QED) is 0.434. The van der Waals surface area contributed by atoms with Gasteiger partial charge in [-0.1, -0.05) is 19.8 Å². The fourth-order valence-electron chi connectivity index (χ4n) is 2.37. The Morgan fingerprint density at radius 1 is 1.35 bits per heavy atom. The Kier molecular flexibility index (Phi) is 5.17. The molecule has 5 nitrogen and oxygen atoms in total. The molecule has 0 aliphatic heterocycles. The van der Waals surface area contributed by atoms with Crippen LogP contribution in [0.3, 0.4) is 0 Å². The zero-order valence-electron chi connectivity index (χ0n) is 12.9. The average Bonchev–Trinajstić information content (AvgIpc) is 3.27. The van der Waals surface area contributed by atoms with E-state index in [9.17, 15) is 0 Å². The molecule has 3 N–H and O–H groups in total. The summed E-state index contributed by atoms with van der Waals surface area (Å²) in [5.41, 5.74) is 2.67. The monoisotopic (exact) mass is 277 g/mol. The Balaban J connectivity index is 2.19. The summed E-state index contributed by atoms with van der Waals surface area (Å²) in [7, 11) is 0. The zero-order chi connectivity index (χ0) is 14.5. The van der Waals surface area contributed by atoms with Gasteiger partial charge in [0.1, 0.15) is 17.5 Å². The molecule has 20 heavy (non-hydrogen) atoms. The van der Waals surface area contributed by atoms with Gasteiger partial charge < -0.3 is 10.3 Å². The second-order valence-corrected chi connectivity index (χ2v) is 5.88. The molecule has 1 aliphatic rings. The number of anilines is 2. The molecule has 0 unspecified atom stereocenters. The maximum absolute atomic E-state index is 5.55. The van der Waals surface area contributed by atoms with Crippen LogP contribution in [0.5, 0.6) is 0 Å². The number of unbranched alkanes of at least 4 members (excludes halogenated alkanes) is 2. The molecule has 112 valence electrons. The molecule has 0 amide bonds. The van der Waals surface area contributed by atoms with E-state index >= 15 is 0 Å². The van der Waals surface area contributed by atoms with Gasteiger partial charge in [-0.2, -0.15) is 0 Å². The topological polar surface area (TPSA) is 67.1 Å². The van der Waals surface area contributed by atoms with Gasteiger partial charge >= 0.3 is 0 Å². The lowest BCUT2D eigenvalue weighted by Gasteiger charge is -2.28. The lowest BCUT2D eigenvalue weighted by molar-refractivity contribution is 0.617. The number of rotatable bonds is 8. The third-order valence-electron chi connectivity index (χ3n) is 3.74. The summed E-state index contributed by atoms with van der Waals surface area (Å²) in [4.78, 5) is 11.6. The number of nitrogens with one attached hydrogen (secondary N) is 1. The average molecular weight is 277 g/mol. The molecule has 0 saturated heterocycles. The minimum absolute atomic E-state index is 0.430. The maximum Gasteiger partial charge on any atom is 0.145 e. The third kappa shape index (κ3) is 3.82. The summed E-state index contributed by atoms with van der Waals surface area (Å²) >= 11 is 0. The first kappa shape index (κ1) is 15.0. The molecule has 1 aliphatic carbocycles. The van der Waals surface area contributed by atoms with Gasteiger partial charge in [0.15, 0.2) is 0 Å². The van der Waals surface area contributed by atoms with E-state index in [4.69, 9.17) is 10.8 Å². The Labute approximate surface area is 121 Å². The van der Waals surface area contributed by atoms with Gasteiger partial charge in [0.05, 0.1) is 0 Å². The van der Waals surface area contributed by atoms with Crippen LogP contribution in [0.1, 0.15) is 64.6 Å². The minimum atomic E-state index is 0.430. The Morgan fingerprint density at radius 3 is 2.65 bits per heavy atom. The predicted octanol–water partition coefficient (Wildman–Crippen LogP) is 3.04. The van der Waals surface area contributed by atoms with Crippen molar-refractivity contribution in [2.24, 2.45) is 5.84 Å². The SMILES string of the molecule is CCCCCN(c1cc(NN)nc(C2CC2)n1)C(C)C. The number of nitrogen functional groups attached to an aromatic ring is 1. The maximum atomic E-state index is 5.55. The van der Waals surface area contributed by atoms with Crippen molar-refractivity contribution >= 4 is 11.6 Å². The van der Waals surface area contributed by atoms with Crippen molar-refractivity contribution in [1.82, 2.24) is 9.97 Å². The molecular formula is C15H27N5. The zero-order valence-corrected chi connectivity index (χ0v) is 12.9. The third-order valence-corrected chi connectivity index (χ3v) is 3.74. The van der Waals surface area contributed by atoms with Crippen LogP contribution >= 0.6 is 0 Å². The Hall–Kier alpha value is -1.36. The standard InChI is InChI=1S/C15H27N5/c1-4-5-6-9-20(11(2)3)14-10-13(19-16)17-15(18-14)12-7-8-12/h10-12H,4-9,16H2,1-3H3,(H,17,18,19). The summed E-state index contributed by atoms with van der Waals surface area (Å²) in [5, 5.41) is 0. The summed E-state index contributed by atoms with van der Waals surface area (Å²) in [6.07, 6.45) is 6.09. The fraction of sp³-hybridized carbons (Fsp3) is 0.733. The molecule has 1 aromatic heterocycles. The molecular weight excluding hydrogens is 250 g/mol. The van der Waals surface area contributed by atoms with Gasteiger partial charge in [0.2, 0.25) is 0 Å². The first-order valence-corrected chi connectivity index (χ1v) is 7.78. The lowest BCUT2D eigenvalue weighted by Crippen LogP contribution is -2.33. The number of hydrazine groups is 1. The predicted molar refractivity (Wildman–Crippen MR) is 83.8 cm³/mol. The molecule has 0 bridgehead atoms. The van der Waals surface area contributed by atoms with Gasteiger partial charge in [0.25, 0.3) is 0 Å². The van der Waals surface area contributed by atoms with E-state index < -0.39 is 0 Å². The van der Waals surface area contributed by atoms with Gasteiger partial charge in [-0.05, 0) is 33.1 Å². The van der Waals surface area contributed by atoms with E-state index in [0.717, 1.165) is 24.0 Å². The Morgan fingerprint density at radius 2 is 2.10 bits per heavy atom. The minimum Gasteiger partial charge on any atom is -0.354 e. The van der Waals surface area contributed by atoms with Crippen LogP contribution < -0.4 is 16.2 Å². The summed E-state index contributed by atoms with van der Waals surface area (Å²) < 4.78 is 0. The molecule has 0 radical (unpaired) electrons. The van der Waals surface area contributed by atoms with Crippen molar-refractivity contribution in [3.05, 3.63) is 11.9 Å². The van der Waals surface area contributed by atoms with Crippen LogP contribution in [0.2, 0.25) is 0 Å². The first-order valence-electron chi connectivity index (χ1n) is 7.78. The number of nitrogens with two attached hydrogens (primary N) is 1. The van der Waals surface area contributed by atoms with Gasteiger partial charge in [0, 0.05) is 24.6 Å². The molecule has 1 heterocycles. The van der Waals surface area contributed by atoms with E-state index in [1.165, 1.54) is 32.1 Å². The van der Waals surface area contributed by atoms with Gasteiger partial charge in [-0.15, -0.1) is 0 Å². The van der Waals surface area contributed by atoms with Crippen molar-refractivity contribution in [2.75, 3.05) is 16.9 Å². The lowest BCUT2D eigenvalue weighted by atomic mass is 10.2. The van der Waals surface area contributed by atoms with Crippen LogP contribution in [0.25, 0.3) is 0 Å². The van der Waals surface area contributed by atoms with Crippen molar-refractivity contribution in [3.8, 4) is 0 Å². The van der Waals surface area contributed by atoms with Gasteiger partial charge in [-0.25, -0.2) is 15.8 Å². The second kappa shape index (κ2) is 6.88.